The number of nitrogens with two attached hydrogens (primary N) is 1. The maximum Gasteiger partial charge on any atom is 0.172 e. The monoisotopic (exact) mass is 303 g/mol. The van der Waals surface area contributed by atoms with Crippen LogP contribution in [0.5, 0.6) is 0 Å². The van der Waals surface area contributed by atoms with Gasteiger partial charge in [-0.1, -0.05) is 18.5 Å². The van der Waals surface area contributed by atoms with Crippen molar-refractivity contribution >= 4 is 11.6 Å². The van der Waals surface area contributed by atoms with E-state index >= 15 is 0 Å². The summed E-state index contributed by atoms with van der Waals surface area (Å²) in [6.45, 7) is 9.85. The van der Waals surface area contributed by atoms with Gasteiger partial charge in [0.2, 0.25) is 0 Å². The SMILES string of the molecule is CCOC(OCC)C(N)Cc1c(Cl)c(CC)nn1CC. The molecule has 0 fully saturated rings. The first-order chi connectivity index (χ1) is 9.58. The Morgan fingerprint density at radius 3 is 2.25 bits per heavy atom. The Labute approximate surface area is 126 Å². The van der Waals surface area contributed by atoms with Crippen molar-refractivity contribution in [2.75, 3.05) is 13.2 Å². The number of aryl methyl sites for hydroxylation is 2. The number of rotatable bonds is 9. The Balaban J connectivity index is 2.87. The summed E-state index contributed by atoms with van der Waals surface area (Å²) in [5, 5.41) is 5.22. The van der Waals surface area contributed by atoms with Crippen molar-refractivity contribution in [2.45, 2.75) is 59.4 Å². The number of halogens is 1. The van der Waals surface area contributed by atoms with Crippen molar-refractivity contribution in [1.82, 2.24) is 9.78 Å². The fourth-order valence-corrected chi connectivity index (χ4v) is 2.50. The molecule has 0 saturated carbocycles. The first-order valence-electron chi connectivity index (χ1n) is 7.31. The summed E-state index contributed by atoms with van der Waals surface area (Å²) in [6, 6.07) is -0.265. The highest BCUT2D eigenvalue weighted by molar-refractivity contribution is 6.31. The maximum atomic E-state index is 6.39. The molecule has 0 radical (unpaired) electrons. The summed E-state index contributed by atoms with van der Waals surface area (Å²) in [6.07, 6.45) is 0.991. The third-order valence-corrected chi connectivity index (χ3v) is 3.57. The first kappa shape index (κ1) is 17.4. The molecule has 2 N–H and O–H groups in total. The zero-order valence-electron chi connectivity index (χ0n) is 12.9. The van der Waals surface area contributed by atoms with Gasteiger partial charge in [-0.2, -0.15) is 5.10 Å². The third kappa shape index (κ3) is 4.19. The van der Waals surface area contributed by atoms with Crippen LogP contribution in [0, 0.1) is 0 Å². The molecule has 1 unspecified atom stereocenters. The summed E-state index contributed by atoms with van der Waals surface area (Å²) in [5.41, 5.74) is 8.09. The van der Waals surface area contributed by atoms with Gasteiger partial charge in [-0.05, 0) is 27.2 Å². The van der Waals surface area contributed by atoms with Crippen LogP contribution >= 0.6 is 11.6 Å². The quantitative estimate of drug-likeness (QED) is 0.712. The van der Waals surface area contributed by atoms with Gasteiger partial charge in [-0.25, -0.2) is 0 Å². The van der Waals surface area contributed by atoms with Crippen molar-refractivity contribution in [3.05, 3.63) is 16.4 Å². The van der Waals surface area contributed by atoms with Crippen LogP contribution in [-0.4, -0.2) is 35.3 Å². The van der Waals surface area contributed by atoms with Crippen LogP contribution in [0.1, 0.15) is 39.1 Å². The molecule has 0 aliphatic rings. The van der Waals surface area contributed by atoms with Crippen molar-refractivity contribution in [3.8, 4) is 0 Å². The zero-order valence-corrected chi connectivity index (χ0v) is 13.6. The summed E-state index contributed by atoms with van der Waals surface area (Å²) in [5.74, 6) is 0. The van der Waals surface area contributed by atoms with Gasteiger partial charge in [0.25, 0.3) is 0 Å². The van der Waals surface area contributed by atoms with E-state index in [1.54, 1.807) is 0 Å². The summed E-state index contributed by atoms with van der Waals surface area (Å²) in [4.78, 5) is 0. The predicted octanol–water partition coefficient (Wildman–Crippen LogP) is 2.39. The second kappa shape index (κ2) is 8.62. The molecule has 0 aliphatic carbocycles. The molecule has 0 aromatic carbocycles. The lowest BCUT2D eigenvalue weighted by Gasteiger charge is -2.23. The molecular formula is C14H26ClN3O2. The third-order valence-electron chi connectivity index (χ3n) is 3.13. The van der Waals surface area contributed by atoms with E-state index in [0.29, 0.717) is 19.6 Å². The van der Waals surface area contributed by atoms with Gasteiger partial charge >= 0.3 is 0 Å². The van der Waals surface area contributed by atoms with Crippen LogP contribution in [0.2, 0.25) is 5.02 Å². The molecule has 0 aliphatic heterocycles. The fourth-order valence-electron chi connectivity index (χ4n) is 2.16. The number of hydrogen-bond donors (Lipinski definition) is 1. The molecule has 1 heterocycles. The van der Waals surface area contributed by atoms with Crippen molar-refractivity contribution in [3.63, 3.8) is 0 Å². The van der Waals surface area contributed by atoms with Crippen LogP contribution < -0.4 is 5.73 Å². The second-order valence-electron chi connectivity index (χ2n) is 4.52. The zero-order chi connectivity index (χ0) is 15.1. The molecule has 1 aromatic rings. The van der Waals surface area contributed by atoms with E-state index in [2.05, 4.69) is 5.10 Å². The van der Waals surface area contributed by atoms with Crippen molar-refractivity contribution in [2.24, 2.45) is 5.73 Å². The summed E-state index contributed by atoms with van der Waals surface area (Å²) < 4.78 is 13.0. The number of nitrogens with zero attached hydrogens (tertiary/aromatic N) is 2. The van der Waals surface area contributed by atoms with Crippen LogP contribution in [0.4, 0.5) is 0 Å². The number of aromatic nitrogens is 2. The number of hydrogen-bond acceptors (Lipinski definition) is 4. The minimum atomic E-state index is -0.411. The lowest BCUT2D eigenvalue weighted by atomic mass is 10.1. The van der Waals surface area contributed by atoms with E-state index in [0.717, 1.165) is 29.4 Å². The lowest BCUT2D eigenvalue weighted by molar-refractivity contribution is -0.148. The molecular weight excluding hydrogens is 278 g/mol. The average molecular weight is 304 g/mol. The Morgan fingerprint density at radius 1 is 1.20 bits per heavy atom. The highest BCUT2D eigenvalue weighted by Gasteiger charge is 2.23. The Hall–Kier alpha value is -0.620. The van der Waals surface area contributed by atoms with E-state index < -0.39 is 6.29 Å². The molecule has 1 atom stereocenters. The van der Waals surface area contributed by atoms with Gasteiger partial charge in [0.1, 0.15) is 0 Å². The molecule has 0 saturated heterocycles. The minimum Gasteiger partial charge on any atom is -0.351 e. The normalized spacial score (nSPS) is 13.2. The topological polar surface area (TPSA) is 62.3 Å². The van der Waals surface area contributed by atoms with E-state index in [1.165, 1.54) is 0 Å². The van der Waals surface area contributed by atoms with Crippen molar-refractivity contribution < 1.29 is 9.47 Å². The van der Waals surface area contributed by atoms with E-state index in [4.69, 9.17) is 26.8 Å². The molecule has 0 spiro atoms. The minimum absolute atomic E-state index is 0.265. The van der Waals surface area contributed by atoms with Crippen molar-refractivity contribution in [1.29, 1.82) is 0 Å². The van der Waals surface area contributed by atoms with Gasteiger partial charge in [-0.15, -0.1) is 0 Å². The first-order valence-corrected chi connectivity index (χ1v) is 7.69. The van der Waals surface area contributed by atoms with Crippen LogP contribution in [-0.2, 0) is 28.9 Å². The van der Waals surface area contributed by atoms with Crippen LogP contribution in [0.15, 0.2) is 0 Å². The standard InChI is InChI=1S/C14H26ClN3O2/c1-5-11-13(15)12(18(6-2)17-11)9-10(16)14(19-7-3)20-8-4/h10,14H,5-9,16H2,1-4H3. The maximum absolute atomic E-state index is 6.39. The largest absolute Gasteiger partial charge is 0.351 e. The van der Waals surface area contributed by atoms with Gasteiger partial charge in [-0.3, -0.25) is 4.68 Å². The molecule has 6 heteroatoms. The summed E-state index contributed by atoms with van der Waals surface area (Å²) >= 11 is 6.39. The highest BCUT2D eigenvalue weighted by Crippen LogP contribution is 2.23. The van der Waals surface area contributed by atoms with E-state index in [9.17, 15) is 0 Å². The van der Waals surface area contributed by atoms with E-state index in [-0.39, 0.29) is 6.04 Å². The Morgan fingerprint density at radius 2 is 1.80 bits per heavy atom. The fraction of sp³-hybridized carbons (Fsp3) is 0.786. The number of ether oxygens (including phenoxy) is 2. The highest BCUT2D eigenvalue weighted by atomic mass is 35.5. The van der Waals surface area contributed by atoms with E-state index in [1.807, 2.05) is 32.4 Å². The van der Waals surface area contributed by atoms with Gasteiger partial charge in [0.15, 0.2) is 6.29 Å². The van der Waals surface area contributed by atoms with Crippen LogP contribution in [0.3, 0.4) is 0 Å². The second-order valence-corrected chi connectivity index (χ2v) is 4.90. The molecule has 1 rings (SSSR count). The molecule has 116 valence electrons. The molecule has 20 heavy (non-hydrogen) atoms. The van der Waals surface area contributed by atoms with Gasteiger partial charge in [0, 0.05) is 26.2 Å². The Bertz CT molecular complexity index is 403. The smallest absolute Gasteiger partial charge is 0.172 e. The molecule has 0 amide bonds. The van der Waals surface area contributed by atoms with Crippen LogP contribution in [0.25, 0.3) is 0 Å². The Kier molecular flexibility index (Phi) is 7.51. The average Bonchev–Trinajstić information content (AvgIpc) is 2.75. The van der Waals surface area contributed by atoms with Gasteiger partial charge in [0.05, 0.1) is 22.5 Å². The lowest BCUT2D eigenvalue weighted by Crippen LogP contribution is -2.41. The predicted molar refractivity (Wildman–Crippen MR) is 81.0 cm³/mol. The summed E-state index contributed by atoms with van der Waals surface area (Å²) in [7, 11) is 0. The molecule has 5 nitrogen and oxygen atoms in total. The molecule has 1 aromatic heterocycles. The van der Waals surface area contributed by atoms with Gasteiger partial charge < -0.3 is 15.2 Å². The molecule has 0 bridgehead atoms.